The zero-order chi connectivity index (χ0) is 13.7. The van der Waals surface area contributed by atoms with Crippen LogP contribution in [0.2, 0.25) is 0 Å². The van der Waals surface area contributed by atoms with Gasteiger partial charge in [-0.25, -0.2) is 0 Å². The third kappa shape index (κ3) is 4.13. The molecule has 0 bridgehead atoms. The molecular weight excluding hydrogens is 304 g/mol. The van der Waals surface area contributed by atoms with E-state index in [0.717, 1.165) is 16.6 Å². The number of hydrogen-bond donors (Lipinski definition) is 2. The van der Waals surface area contributed by atoms with E-state index in [1.165, 1.54) is 11.1 Å². The number of rotatable bonds is 5. The third-order valence-corrected chi connectivity index (χ3v) is 3.69. The van der Waals surface area contributed by atoms with Crippen LogP contribution in [-0.2, 0) is 6.54 Å². The monoisotopic (exact) mass is 320 g/mol. The van der Waals surface area contributed by atoms with Crippen molar-refractivity contribution in [1.82, 2.24) is 10.3 Å². The van der Waals surface area contributed by atoms with Gasteiger partial charge in [0.1, 0.15) is 0 Å². The first-order valence-electron chi connectivity index (χ1n) is 6.20. The zero-order valence-corrected chi connectivity index (χ0v) is 12.4. The van der Waals surface area contributed by atoms with Gasteiger partial charge in [0.05, 0.1) is 6.10 Å². The highest BCUT2D eigenvalue weighted by molar-refractivity contribution is 9.10. The largest absolute Gasteiger partial charge is 0.387 e. The summed E-state index contributed by atoms with van der Waals surface area (Å²) in [7, 11) is 0. The molecule has 1 unspecified atom stereocenters. The van der Waals surface area contributed by atoms with Crippen molar-refractivity contribution in [2.45, 2.75) is 19.6 Å². The number of nitrogens with zero attached hydrogens (tertiary/aromatic N) is 1. The van der Waals surface area contributed by atoms with Crippen molar-refractivity contribution in [1.29, 1.82) is 0 Å². The van der Waals surface area contributed by atoms with E-state index in [4.69, 9.17) is 0 Å². The van der Waals surface area contributed by atoms with Crippen LogP contribution in [0.25, 0.3) is 0 Å². The van der Waals surface area contributed by atoms with Gasteiger partial charge in [0.25, 0.3) is 0 Å². The first kappa shape index (κ1) is 14.2. The molecule has 1 aromatic carbocycles. The standard InChI is InChI=1S/C15H17BrN2O/c1-11-2-3-13(14(16)8-11)9-18-10-15(19)12-4-6-17-7-5-12/h2-8,15,18-19H,9-10H2,1H3. The summed E-state index contributed by atoms with van der Waals surface area (Å²) in [6.07, 6.45) is 2.87. The molecule has 0 amide bonds. The van der Waals surface area contributed by atoms with Gasteiger partial charge in [0.15, 0.2) is 0 Å². The average Bonchev–Trinajstić information content (AvgIpc) is 2.42. The van der Waals surface area contributed by atoms with Crippen LogP contribution in [-0.4, -0.2) is 16.6 Å². The summed E-state index contributed by atoms with van der Waals surface area (Å²) < 4.78 is 1.10. The number of aryl methyl sites for hydroxylation is 1. The maximum absolute atomic E-state index is 10.0. The van der Waals surface area contributed by atoms with Crippen LogP contribution in [0.1, 0.15) is 22.8 Å². The molecule has 0 aliphatic rings. The molecule has 2 N–H and O–H groups in total. The van der Waals surface area contributed by atoms with E-state index in [-0.39, 0.29) is 0 Å². The van der Waals surface area contributed by atoms with Gasteiger partial charge in [-0.2, -0.15) is 0 Å². The second-order valence-electron chi connectivity index (χ2n) is 4.52. The lowest BCUT2D eigenvalue weighted by Crippen LogP contribution is -2.21. The summed E-state index contributed by atoms with van der Waals surface area (Å²) in [5.41, 5.74) is 3.30. The van der Waals surface area contributed by atoms with E-state index in [1.54, 1.807) is 12.4 Å². The molecule has 1 heterocycles. The van der Waals surface area contributed by atoms with Crippen molar-refractivity contribution < 1.29 is 5.11 Å². The molecule has 0 aliphatic carbocycles. The fourth-order valence-corrected chi connectivity index (χ4v) is 2.48. The van der Waals surface area contributed by atoms with Gasteiger partial charge in [0, 0.05) is 30.0 Å². The SMILES string of the molecule is Cc1ccc(CNCC(O)c2ccncc2)c(Br)c1. The van der Waals surface area contributed by atoms with Crippen molar-refractivity contribution in [2.24, 2.45) is 0 Å². The van der Waals surface area contributed by atoms with E-state index < -0.39 is 6.10 Å². The Morgan fingerprint density at radius 2 is 2.00 bits per heavy atom. The van der Waals surface area contributed by atoms with Gasteiger partial charge in [0.2, 0.25) is 0 Å². The molecule has 2 aromatic rings. The highest BCUT2D eigenvalue weighted by Gasteiger charge is 2.07. The fourth-order valence-electron chi connectivity index (χ4n) is 1.84. The molecule has 19 heavy (non-hydrogen) atoms. The number of aliphatic hydroxyl groups is 1. The molecule has 1 aromatic heterocycles. The van der Waals surface area contributed by atoms with Gasteiger partial charge in [-0.15, -0.1) is 0 Å². The molecule has 2 rings (SSSR count). The Hall–Kier alpha value is -1.23. The number of benzene rings is 1. The molecule has 0 spiro atoms. The molecule has 0 fully saturated rings. The van der Waals surface area contributed by atoms with E-state index >= 15 is 0 Å². The van der Waals surface area contributed by atoms with E-state index in [1.807, 2.05) is 12.1 Å². The smallest absolute Gasteiger partial charge is 0.0915 e. The van der Waals surface area contributed by atoms with Crippen molar-refractivity contribution in [3.8, 4) is 0 Å². The number of pyridine rings is 1. The number of aromatic nitrogens is 1. The van der Waals surface area contributed by atoms with Gasteiger partial charge in [-0.3, -0.25) is 4.98 Å². The Labute approximate surface area is 121 Å². The van der Waals surface area contributed by atoms with Crippen LogP contribution < -0.4 is 5.32 Å². The molecule has 0 radical (unpaired) electrons. The summed E-state index contributed by atoms with van der Waals surface area (Å²) in [5, 5.41) is 13.3. The van der Waals surface area contributed by atoms with Gasteiger partial charge in [-0.05, 0) is 41.8 Å². The summed E-state index contributed by atoms with van der Waals surface area (Å²) >= 11 is 3.55. The normalized spacial score (nSPS) is 12.4. The van der Waals surface area contributed by atoms with Crippen molar-refractivity contribution in [2.75, 3.05) is 6.54 Å². The molecule has 1 atom stereocenters. The highest BCUT2D eigenvalue weighted by atomic mass is 79.9. The maximum atomic E-state index is 10.0. The Balaban J connectivity index is 1.86. The Bertz CT molecular complexity index is 531. The number of hydrogen-bond acceptors (Lipinski definition) is 3. The minimum atomic E-state index is -0.507. The lowest BCUT2D eigenvalue weighted by Gasteiger charge is -2.13. The molecule has 4 heteroatoms. The summed E-state index contributed by atoms with van der Waals surface area (Å²) in [6.45, 7) is 3.31. The number of aliphatic hydroxyl groups excluding tert-OH is 1. The van der Waals surface area contributed by atoms with Crippen LogP contribution in [0.4, 0.5) is 0 Å². The first-order chi connectivity index (χ1) is 9.16. The topological polar surface area (TPSA) is 45.1 Å². The lowest BCUT2D eigenvalue weighted by atomic mass is 10.1. The lowest BCUT2D eigenvalue weighted by molar-refractivity contribution is 0.174. The van der Waals surface area contributed by atoms with Crippen LogP contribution in [0.3, 0.4) is 0 Å². The molecule has 3 nitrogen and oxygen atoms in total. The predicted molar refractivity (Wildman–Crippen MR) is 79.8 cm³/mol. The molecular formula is C15H17BrN2O. The van der Waals surface area contributed by atoms with Gasteiger partial charge >= 0.3 is 0 Å². The average molecular weight is 321 g/mol. The van der Waals surface area contributed by atoms with E-state index in [0.29, 0.717) is 6.54 Å². The number of halogens is 1. The Kier molecular flexibility index (Phi) is 5.07. The van der Waals surface area contributed by atoms with Gasteiger partial charge in [-0.1, -0.05) is 28.1 Å². The van der Waals surface area contributed by atoms with Crippen molar-refractivity contribution in [3.05, 3.63) is 63.9 Å². The highest BCUT2D eigenvalue weighted by Crippen LogP contribution is 2.18. The van der Waals surface area contributed by atoms with Crippen LogP contribution >= 0.6 is 15.9 Å². The maximum Gasteiger partial charge on any atom is 0.0915 e. The molecule has 0 aliphatic heterocycles. The summed E-state index contributed by atoms with van der Waals surface area (Å²) in [5.74, 6) is 0. The minimum absolute atomic E-state index is 0.507. The first-order valence-corrected chi connectivity index (χ1v) is 7.00. The zero-order valence-electron chi connectivity index (χ0n) is 10.8. The molecule has 100 valence electrons. The second-order valence-corrected chi connectivity index (χ2v) is 5.38. The van der Waals surface area contributed by atoms with E-state index in [9.17, 15) is 5.11 Å². The minimum Gasteiger partial charge on any atom is -0.387 e. The molecule has 0 saturated carbocycles. The predicted octanol–water partition coefficient (Wildman–Crippen LogP) is 2.98. The Morgan fingerprint density at radius 3 is 2.68 bits per heavy atom. The number of nitrogens with one attached hydrogen (secondary N) is 1. The van der Waals surface area contributed by atoms with E-state index in [2.05, 4.69) is 51.4 Å². The van der Waals surface area contributed by atoms with Crippen molar-refractivity contribution >= 4 is 15.9 Å². The third-order valence-electron chi connectivity index (χ3n) is 2.95. The van der Waals surface area contributed by atoms with Crippen LogP contribution in [0.15, 0.2) is 47.2 Å². The second kappa shape index (κ2) is 6.80. The molecule has 0 saturated heterocycles. The quantitative estimate of drug-likeness (QED) is 0.890. The summed E-state index contributed by atoms with van der Waals surface area (Å²) in [6, 6.07) is 9.92. The van der Waals surface area contributed by atoms with Crippen LogP contribution in [0, 0.1) is 6.92 Å². The van der Waals surface area contributed by atoms with Gasteiger partial charge < -0.3 is 10.4 Å². The summed E-state index contributed by atoms with van der Waals surface area (Å²) in [4.78, 5) is 3.94. The van der Waals surface area contributed by atoms with Crippen molar-refractivity contribution in [3.63, 3.8) is 0 Å². The van der Waals surface area contributed by atoms with Crippen LogP contribution in [0.5, 0.6) is 0 Å². The Morgan fingerprint density at radius 1 is 1.26 bits per heavy atom. The fraction of sp³-hybridized carbons (Fsp3) is 0.267.